The third-order valence-corrected chi connectivity index (χ3v) is 3.27. The zero-order valence-corrected chi connectivity index (χ0v) is 11.3. The first-order chi connectivity index (χ1) is 9.74. The third kappa shape index (κ3) is 2.49. The molecule has 0 aliphatic carbocycles. The van der Waals surface area contributed by atoms with Crippen LogP contribution in [-0.2, 0) is 11.3 Å². The maximum atomic E-state index is 11.9. The SMILES string of the molecule is Cc1noc(CNc2ccccc2N2CCCC2=O)n1. The van der Waals surface area contributed by atoms with E-state index in [4.69, 9.17) is 4.52 Å². The van der Waals surface area contributed by atoms with Crippen LogP contribution in [-0.4, -0.2) is 22.6 Å². The summed E-state index contributed by atoms with van der Waals surface area (Å²) in [6, 6.07) is 7.77. The normalized spacial score (nSPS) is 14.8. The molecule has 1 N–H and O–H groups in total. The van der Waals surface area contributed by atoms with E-state index in [1.54, 1.807) is 6.92 Å². The van der Waals surface area contributed by atoms with Crippen molar-refractivity contribution in [3.8, 4) is 0 Å². The fraction of sp³-hybridized carbons (Fsp3) is 0.357. The van der Waals surface area contributed by atoms with Gasteiger partial charge in [0.15, 0.2) is 5.82 Å². The lowest BCUT2D eigenvalue weighted by Crippen LogP contribution is -2.24. The molecule has 0 atom stereocenters. The van der Waals surface area contributed by atoms with E-state index in [2.05, 4.69) is 15.5 Å². The summed E-state index contributed by atoms with van der Waals surface area (Å²) in [7, 11) is 0. The second-order valence-electron chi connectivity index (χ2n) is 4.75. The molecule has 1 saturated heterocycles. The Balaban J connectivity index is 1.77. The fourth-order valence-electron chi connectivity index (χ4n) is 2.34. The molecule has 1 aromatic heterocycles. The Morgan fingerprint density at radius 1 is 1.40 bits per heavy atom. The minimum atomic E-state index is 0.174. The highest BCUT2D eigenvalue weighted by Crippen LogP contribution is 2.29. The van der Waals surface area contributed by atoms with Gasteiger partial charge in [-0.05, 0) is 25.5 Å². The van der Waals surface area contributed by atoms with Gasteiger partial charge in [0, 0.05) is 13.0 Å². The second kappa shape index (κ2) is 5.32. The van der Waals surface area contributed by atoms with E-state index in [9.17, 15) is 4.79 Å². The van der Waals surface area contributed by atoms with Crippen LogP contribution in [0.5, 0.6) is 0 Å². The van der Waals surface area contributed by atoms with Gasteiger partial charge in [-0.15, -0.1) is 0 Å². The minimum absolute atomic E-state index is 0.174. The lowest BCUT2D eigenvalue weighted by atomic mass is 10.2. The van der Waals surface area contributed by atoms with Gasteiger partial charge in [-0.1, -0.05) is 17.3 Å². The molecule has 1 aliphatic heterocycles. The molecule has 0 saturated carbocycles. The maximum absolute atomic E-state index is 11.9. The van der Waals surface area contributed by atoms with Crippen LogP contribution >= 0.6 is 0 Å². The van der Waals surface area contributed by atoms with Crippen LogP contribution in [0.4, 0.5) is 11.4 Å². The molecule has 3 rings (SSSR count). The van der Waals surface area contributed by atoms with E-state index in [0.717, 1.165) is 24.3 Å². The number of aryl methyl sites for hydroxylation is 1. The van der Waals surface area contributed by atoms with Crippen molar-refractivity contribution < 1.29 is 9.32 Å². The molecule has 0 spiro atoms. The van der Waals surface area contributed by atoms with Gasteiger partial charge in [-0.25, -0.2) is 0 Å². The lowest BCUT2D eigenvalue weighted by molar-refractivity contribution is -0.117. The van der Waals surface area contributed by atoms with Crippen molar-refractivity contribution in [2.45, 2.75) is 26.3 Å². The van der Waals surface area contributed by atoms with Gasteiger partial charge >= 0.3 is 0 Å². The highest BCUT2D eigenvalue weighted by molar-refractivity contribution is 5.98. The number of amides is 1. The Kier molecular flexibility index (Phi) is 3.37. The van der Waals surface area contributed by atoms with E-state index < -0.39 is 0 Å². The predicted octanol–water partition coefficient (Wildman–Crippen LogP) is 2.12. The predicted molar refractivity (Wildman–Crippen MR) is 74.4 cm³/mol. The molecule has 0 bridgehead atoms. The Hall–Kier alpha value is -2.37. The number of para-hydroxylation sites is 2. The number of hydrogen-bond donors (Lipinski definition) is 1. The number of nitrogens with zero attached hydrogens (tertiary/aromatic N) is 3. The largest absolute Gasteiger partial charge is 0.374 e. The summed E-state index contributed by atoms with van der Waals surface area (Å²) < 4.78 is 5.07. The molecule has 104 valence electrons. The van der Waals surface area contributed by atoms with E-state index in [1.165, 1.54) is 0 Å². The van der Waals surface area contributed by atoms with Crippen molar-refractivity contribution >= 4 is 17.3 Å². The molecule has 6 heteroatoms. The molecule has 1 fully saturated rings. The van der Waals surface area contributed by atoms with Gasteiger partial charge in [0.2, 0.25) is 11.8 Å². The Bertz CT molecular complexity index is 623. The number of anilines is 2. The summed E-state index contributed by atoms with van der Waals surface area (Å²) in [5.74, 6) is 1.32. The zero-order chi connectivity index (χ0) is 13.9. The van der Waals surface area contributed by atoms with Crippen LogP contribution < -0.4 is 10.2 Å². The van der Waals surface area contributed by atoms with Gasteiger partial charge in [0.25, 0.3) is 0 Å². The molecular weight excluding hydrogens is 256 g/mol. The number of benzene rings is 1. The Labute approximate surface area is 116 Å². The monoisotopic (exact) mass is 272 g/mol. The summed E-state index contributed by atoms with van der Waals surface area (Å²) >= 11 is 0. The first-order valence-electron chi connectivity index (χ1n) is 6.66. The summed E-state index contributed by atoms with van der Waals surface area (Å²) in [6.07, 6.45) is 1.53. The molecule has 0 radical (unpaired) electrons. The van der Waals surface area contributed by atoms with Crippen molar-refractivity contribution in [3.05, 3.63) is 36.0 Å². The highest BCUT2D eigenvalue weighted by Gasteiger charge is 2.23. The first kappa shape index (κ1) is 12.7. The Morgan fingerprint density at radius 3 is 2.95 bits per heavy atom. The molecule has 0 unspecified atom stereocenters. The van der Waals surface area contributed by atoms with Gasteiger partial charge in [0.1, 0.15) is 0 Å². The number of nitrogens with one attached hydrogen (secondary N) is 1. The standard InChI is InChI=1S/C14H16N4O2/c1-10-16-13(20-17-10)9-15-11-5-2-3-6-12(11)18-8-4-7-14(18)19/h2-3,5-6,15H,4,7-9H2,1H3. The fourth-order valence-corrected chi connectivity index (χ4v) is 2.34. The topological polar surface area (TPSA) is 71.3 Å². The van der Waals surface area contributed by atoms with Crippen LogP contribution in [0.1, 0.15) is 24.6 Å². The van der Waals surface area contributed by atoms with Crippen molar-refractivity contribution in [1.82, 2.24) is 10.1 Å². The summed E-state index contributed by atoms with van der Waals surface area (Å²) in [6.45, 7) is 3.00. The number of carbonyl (C=O) groups is 1. The summed E-state index contributed by atoms with van der Waals surface area (Å²) in [5, 5.41) is 7.00. The van der Waals surface area contributed by atoms with E-state index in [1.807, 2.05) is 29.2 Å². The number of hydrogen-bond acceptors (Lipinski definition) is 5. The quantitative estimate of drug-likeness (QED) is 0.923. The van der Waals surface area contributed by atoms with Crippen molar-refractivity contribution in [2.75, 3.05) is 16.8 Å². The molecule has 2 heterocycles. The van der Waals surface area contributed by atoms with Gasteiger partial charge in [-0.3, -0.25) is 4.79 Å². The van der Waals surface area contributed by atoms with Crippen LogP contribution in [0.2, 0.25) is 0 Å². The second-order valence-corrected chi connectivity index (χ2v) is 4.75. The minimum Gasteiger partial charge on any atom is -0.374 e. The lowest BCUT2D eigenvalue weighted by Gasteiger charge is -2.19. The zero-order valence-electron chi connectivity index (χ0n) is 11.3. The van der Waals surface area contributed by atoms with Crippen molar-refractivity contribution in [2.24, 2.45) is 0 Å². The number of carbonyl (C=O) groups excluding carboxylic acids is 1. The van der Waals surface area contributed by atoms with E-state index in [-0.39, 0.29) is 5.91 Å². The average molecular weight is 272 g/mol. The van der Waals surface area contributed by atoms with Crippen LogP contribution in [0.15, 0.2) is 28.8 Å². The summed E-state index contributed by atoms with van der Waals surface area (Å²) in [5.41, 5.74) is 1.81. The van der Waals surface area contributed by atoms with Crippen molar-refractivity contribution in [3.63, 3.8) is 0 Å². The molecule has 1 aromatic carbocycles. The number of aromatic nitrogens is 2. The molecule has 1 amide bonds. The smallest absolute Gasteiger partial charge is 0.245 e. The van der Waals surface area contributed by atoms with E-state index >= 15 is 0 Å². The molecule has 2 aromatic rings. The van der Waals surface area contributed by atoms with Crippen LogP contribution in [0.3, 0.4) is 0 Å². The van der Waals surface area contributed by atoms with Gasteiger partial charge in [0.05, 0.1) is 17.9 Å². The first-order valence-corrected chi connectivity index (χ1v) is 6.66. The van der Waals surface area contributed by atoms with Crippen molar-refractivity contribution in [1.29, 1.82) is 0 Å². The number of rotatable bonds is 4. The van der Waals surface area contributed by atoms with Crippen LogP contribution in [0, 0.1) is 6.92 Å². The average Bonchev–Trinajstić information content (AvgIpc) is 3.05. The molecular formula is C14H16N4O2. The Morgan fingerprint density at radius 2 is 2.25 bits per heavy atom. The maximum Gasteiger partial charge on any atom is 0.245 e. The highest BCUT2D eigenvalue weighted by atomic mass is 16.5. The molecule has 20 heavy (non-hydrogen) atoms. The van der Waals surface area contributed by atoms with Gasteiger partial charge in [-0.2, -0.15) is 4.98 Å². The molecule has 1 aliphatic rings. The molecule has 6 nitrogen and oxygen atoms in total. The van der Waals surface area contributed by atoms with Crippen LogP contribution in [0.25, 0.3) is 0 Å². The van der Waals surface area contributed by atoms with E-state index in [0.29, 0.717) is 24.7 Å². The van der Waals surface area contributed by atoms with Gasteiger partial charge < -0.3 is 14.7 Å². The summed E-state index contributed by atoms with van der Waals surface area (Å²) in [4.78, 5) is 17.8. The third-order valence-electron chi connectivity index (χ3n) is 3.27.